The van der Waals surface area contributed by atoms with Gasteiger partial charge in [-0.25, -0.2) is 9.18 Å². The van der Waals surface area contributed by atoms with Crippen LogP contribution in [0.5, 0.6) is 0 Å². The van der Waals surface area contributed by atoms with E-state index in [4.69, 9.17) is 21.1 Å². The molecule has 1 atom stereocenters. The molecule has 6 nitrogen and oxygen atoms in total. The zero-order valence-electron chi connectivity index (χ0n) is 19.0. The number of halogens is 2. The van der Waals surface area contributed by atoms with Crippen LogP contribution in [0.25, 0.3) is 11.3 Å². The number of carbonyl (C=O) groups is 1. The van der Waals surface area contributed by atoms with Crippen molar-refractivity contribution in [3.8, 4) is 0 Å². The molecule has 1 unspecified atom stereocenters. The van der Waals surface area contributed by atoms with Gasteiger partial charge >= 0.3 is 5.97 Å². The number of hydrogen-bond acceptors (Lipinski definition) is 5. The molecule has 0 aliphatic carbocycles. The van der Waals surface area contributed by atoms with Gasteiger partial charge in [-0.3, -0.25) is 9.67 Å². The first-order chi connectivity index (χ1) is 14.5. The van der Waals surface area contributed by atoms with Crippen LogP contribution in [0.3, 0.4) is 0 Å². The summed E-state index contributed by atoms with van der Waals surface area (Å²) in [6, 6.07) is 8.02. The molecule has 1 heterocycles. The number of nitrogens with zero attached hydrogens (tertiary/aromatic N) is 3. The summed E-state index contributed by atoms with van der Waals surface area (Å²) in [6.07, 6.45) is 0.586. The third-order valence-electron chi connectivity index (χ3n) is 4.62. The normalized spacial score (nSPS) is 13.8. The van der Waals surface area contributed by atoms with E-state index in [-0.39, 0.29) is 5.41 Å². The van der Waals surface area contributed by atoms with Gasteiger partial charge in [0.15, 0.2) is 12.4 Å². The van der Waals surface area contributed by atoms with E-state index in [1.165, 1.54) is 12.5 Å². The quantitative estimate of drug-likeness (QED) is 0.254. The lowest BCUT2D eigenvalue weighted by Crippen LogP contribution is -2.20. The van der Waals surface area contributed by atoms with Crippen LogP contribution in [0.15, 0.2) is 29.3 Å². The van der Waals surface area contributed by atoms with Gasteiger partial charge in [0.05, 0.1) is 10.7 Å². The van der Waals surface area contributed by atoms with Crippen molar-refractivity contribution >= 4 is 35.1 Å². The van der Waals surface area contributed by atoms with E-state index in [1.807, 2.05) is 24.3 Å². The van der Waals surface area contributed by atoms with E-state index in [0.29, 0.717) is 27.7 Å². The molecule has 0 spiro atoms. The average Bonchev–Trinajstić information content (AvgIpc) is 2.95. The van der Waals surface area contributed by atoms with Gasteiger partial charge in [-0.2, -0.15) is 5.10 Å². The molecule has 0 N–H and O–H groups in total. The van der Waals surface area contributed by atoms with Gasteiger partial charge in [0.2, 0.25) is 6.29 Å². The number of alkyl halides is 1. The molecule has 2 aromatic rings. The minimum atomic E-state index is -1.24. The number of benzene rings is 1. The maximum atomic E-state index is 12.6. The Bertz CT molecular complexity index is 989. The Hall–Kier alpha value is -2.67. The second-order valence-electron chi connectivity index (χ2n) is 8.14. The number of rotatable bonds is 7. The Morgan fingerprint density at radius 1 is 1.29 bits per heavy atom. The standard InChI is InChI=1S/C23H29ClFN3O3/c1-14-20(24)21(28(7)27-14)22(31-15(2)30-19(29)12-25)18(13-26-6)16-8-10-17(11-9-16)23(3,4)5/h8-11,13,15H,12H2,1-7H3/b22-18-,26-13-. The third kappa shape index (κ3) is 5.94. The highest BCUT2D eigenvalue weighted by Crippen LogP contribution is 2.34. The topological polar surface area (TPSA) is 65.7 Å². The van der Waals surface area contributed by atoms with Crippen LogP contribution in [0.1, 0.15) is 50.2 Å². The number of aliphatic imine (C=N–C) groups is 1. The molecule has 1 aromatic carbocycles. The summed E-state index contributed by atoms with van der Waals surface area (Å²) in [6.45, 7) is 8.46. The molecule has 0 saturated carbocycles. The minimum absolute atomic E-state index is 0.00186. The van der Waals surface area contributed by atoms with Gasteiger partial charge in [-0.1, -0.05) is 56.6 Å². The Morgan fingerprint density at radius 3 is 2.35 bits per heavy atom. The molecule has 0 amide bonds. The number of carbonyl (C=O) groups excluding carboxylic acids is 1. The lowest BCUT2D eigenvalue weighted by molar-refractivity contribution is -0.165. The van der Waals surface area contributed by atoms with Gasteiger partial charge in [0.25, 0.3) is 0 Å². The number of allylic oxidation sites excluding steroid dienone is 1. The average molecular weight is 450 g/mol. The Morgan fingerprint density at radius 2 is 1.90 bits per heavy atom. The number of ether oxygens (including phenoxy) is 2. The SMILES string of the molecule is C/N=C\C(=C(\OC(C)OC(=O)CF)c1c(Cl)c(C)nn1C)c1ccc(C(C)(C)C)cc1. The van der Waals surface area contributed by atoms with Crippen LogP contribution in [-0.4, -0.2) is 42.0 Å². The maximum Gasteiger partial charge on any atom is 0.340 e. The molecule has 0 fully saturated rings. The molecule has 31 heavy (non-hydrogen) atoms. The van der Waals surface area contributed by atoms with Crippen LogP contribution in [0.4, 0.5) is 4.39 Å². The number of esters is 1. The third-order valence-corrected chi connectivity index (χ3v) is 5.07. The molecule has 8 heteroatoms. The summed E-state index contributed by atoms with van der Waals surface area (Å²) < 4.78 is 25.2. The molecule has 0 aliphatic rings. The summed E-state index contributed by atoms with van der Waals surface area (Å²) >= 11 is 6.53. The smallest absolute Gasteiger partial charge is 0.340 e. The van der Waals surface area contributed by atoms with Crippen molar-refractivity contribution < 1.29 is 18.7 Å². The Balaban J connectivity index is 2.69. The fourth-order valence-corrected chi connectivity index (χ4v) is 3.32. The monoisotopic (exact) mass is 449 g/mol. The van der Waals surface area contributed by atoms with E-state index in [9.17, 15) is 9.18 Å². The summed E-state index contributed by atoms with van der Waals surface area (Å²) in [5, 5.41) is 4.75. The molecule has 0 aliphatic heterocycles. The second-order valence-corrected chi connectivity index (χ2v) is 8.52. The molecular weight excluding hydrogens is 421 g/mol. The van der Waals surface area contributed by atoms with Crippen molar-refractivity contribution in [3.63, 3.8) is 0 Å². The first kappa shape index (κ1) is 24.6. The highest BCUT2D eigenvalue weighted by atomic mass is 35.5. The Labute approximate surface area is 187 Å². The van der Waals surface area contributed by atoms with Crippen molar-refractivity contribution in [2.45, 2.75) is 46.3 Å². The second kappa shape index (κ2) is 10.1. The molecular formula is C23H29ClFN3O3. The van der Waals surface area contributed by atoms with Crippen LogP contribution in [0.2, 0.25) is 5.02 Å². The Kier molecular flexibility index (Phi) is 8.01. The predicted molar refractivity (Wildman–Crippen MR) is 122 cm³/mol. The fraction of sp³-hybridized carbons (Fsp3) is 0.435. The van der Waals surface area contributed by atoms with Gasteiger partial charge in [0.1, 0.15) is 5.69 Å². The molecule has 2 rings (SSSR count). The first-order valence-electron chi connectivity index (χ1n) is 9.88. The molecule has 168 valence electrons. The van der Waals surface area contributed by atoms with E-state index < -0.39 is 18.9 Å². The van der Waals surface area contributed by atoms with Crippen molar-refractivity contribution in [2.75, 3.05) is 13.7 Å². The molecule has 1 aromatic heterocycles. The zero-order chi connectivity index (χ0) is 23.3. The van der Waals surface area contributed by atoms with Crippen molar-refractivity contribution in [1.29, 1.82) is 0 Å². The number of aryl methyl sites for hydroxylation is 2. The minimum Gasteiger partial charge on any atom is -0.452 e. The largest absolute Gasteiger partial charge is 0.452 e. The molecule has 0 saturated heterocycles. The van der Waals surface area contributed by atoms with Crippen LogP contribution in [-0.2, 0) is 26.7 Å². The van der Waals surface area contributed by atoms with Crippen LogP contribution >= 0.6 is 11.6 Å². The predicted octanol–water partition coefficient (Wildman–Crippen LogP) is 5.12. The summed E-state index contributed by atoms with van der Waals surface area (Å²) in [5.74, 6) is -0.694. The zero-order valence-corrected chi connectivity index (χ0v) is 19.7. The van der Waals surface area contributed by atoms with E-state index >= 15 is 0 Å². The fourth-order valence-electron chi connectivity index (χ4n) is 3.08. The first-order valence-corrected chi connectivity index (χ1v) is 10.3. The molecule has 0 radical (unpaired) electrons. The van der Waals surface area contributed by atoms with Crippen LogP contribution in [0, 0.1) is 6.92 Å². The van der Waals surface area contributed by atoms with Crippen molar-refractivity contribution in [2.24, 2.45) is 12.0 Å². The number of aromatic nitrogens is 2. The van der Waals surface area contributed by atoms with E-state index in [1.54, 1.807) is 31.9 Å². The van der Waals surface area contributed by atoms with Gasteiger partial charge in [-0.05, 0) is 23.5 Å². The number of hydrogen-bond donors (Lipinski definition) is 0. The van der Waals surface area contributed by atoms with Crippen molar-refractivity contribution in [1.82, 2.24) is 9.78 Å². The van der Waals surface area contributed by atoms with Crippen molar-refractivity contribution in [3.05, 3.63) is 51.8 Å². The summed E-state index contributed by atoms with van der Waals surface area (Å²) in [5.41, 5.74) is 3.73. The van der Waals surface area contributed by atoms with Gasteiger partial charge < -0.3 is 9.47 Å². The molecule has 0 bridgehead atoms. The summed E-state index contributed by atoms with van der Waals surface area (Å²) in [7, 11) is 3.38. The highest BCUT2D eigenvalue weighted by Gasteiger charge is 2.24. The van der Waals surface area contributed by atoms with Gasteiger partial charge in [0, 0.05) is 32.8 Å². The highest BCUT2D eigenvalue weighted by molar-refractivity contribution is 6.33. The van der Waals surface area contributed by atoms with Crippen LogP contribution < -0.4 is 0 Å². The lowest BCUT2D eigenvalue weighted by Gasteiger charge is -2.21. The summed E-state index contributed by atoms with van der Waals surface area (Å²) in [4.78, 5) is 15.6. The van der Waals surface area contributed by atoms with E-state index in [0.717, 1.165) is 5.56 Å². The lowest BCUT2D eigenvalue weighted by atomic mass is 9.86. The van der Waals surface area contributed by atoms with Gasteiger partial charge in [-0.15, -0.1) is 0 Å². The van der Waals surface area contributed by atoms with E-state index in [2.05, 4.69) is 30.9 Å². The maximum absolute atomic E-state index is 12.6.